The highest BCUT2D eigenvalue weighted by Crippen LogP contribution is 2.12. The van der Waals surface area contributed by atoms with Crippen LogP contribution in [0, 0.1) is 0 Å². The number of benzene rings is 1. The molecule has 1 heterocycles. The summed E-state index contributed by atoms with van der Waals surface area (Å²) < 4.78 is 1.11. The molecule has 0 unspecified atom stereocenters. The maximum absolute atomic E-state index is 4.22. The highest BCUT2D eigenvalue weighted by atomic mass is 79.9. The van der Waals surface area contributed by atoms with Gasteiger partial charge in [-0.3, -0.25) is 0 Å². The van der Waals surface area contributed by atoms with Gasteiger partial charge in [-0.25, -0.2) is 9.97 Å². The second-order valence-corrected chi connectivity index (χ2v) is 5.81. The molecular formula is C15H19BrN4. The summed E-state index contributed by atoms with van der Waals surface area (Å²) in [5.74, 6) is 1.70. The van der Waals surface area contributed by atoms with E-state index in [0.717, 1.165) is 29.1 Å². The zero-order chi connectivity index (χ0) is 14.4. The number of nitrogens with zero attached hydrogens (tertiary/aromatic N) is 2. The second kappa shape index (κ2) is 7.24. The molecule has 2 aromatic rings. The van der Waals surface area contributed by atoms with Crippen molar-refractivity contribution in [2.75, 3.05) is 17.2 Å². The van der Waals surface area contributed by atoms with Gasteiger partial charge in [0.2, 0.25) is 0 Å². The molecule has 0 aliphatic rings. The molecular weight excluding hydrogens is 316 g/mol. The van der Waals surface area contributed by atoms with Gasteiger partial charge in [-0.05, 0) is 38.0 Å². The average molecular weight is 335 g/mol. The first-order valence-corrected chi connectivity index (χ1v) is 7.49. The molecule has 106 valence electrons. The standard InChI is InChI=1S/C15H19BrN4/c1-11(2)20-15-9-14(18-10-19-15)17-8-7-12-3-5-13(16)6-4-12/h3-6,9-11H,7-8H2,1-2H3,(H2,17,18,19,20). The molecule has 0 saturated heterocycles. The Bertz CT molecular complexity index is 540. The first-order valence-electron chi connectivity index (χ1n) is 6.70. The number of aromatic nitrogens is 2. The quantitative estimate of drug-likeness (QED) is 0.845. The van der Waals surface area contributed by atoms with E-state index in [4.69, 9.17) is 0 Å². The van der Waals surface area contributed by atoms with Crippen molar-refractivity contribution in [1.29, 1.82) is 0 Å². The van der Waals surface area contributed by atoms with Crippen molar-refractivity contribution < 1.29 is 0 Å². The van der Waals surface area contributed by atoms with E-state index in [2.05, 4.69) is 74.6 Å². The van der Waals surface area contributed by atoms with Crippen LogP contribution in [0.25, 0.3) is 0 Å². The molecule has 0 fully saturated rings. The van der Waals surface area contributed by atoms with Gasteiger partial charge in [-0.1, -0.05) is 28.1 Å². The molecule has 20 heavy (non-hydrogen) atoms. The average Bonchev–Trinajstić information content (AvgIpc) is 2.41. The minimum Gasteiger partial charge on any atom is -0.370 e. The summed E-state index contributed by atoms with van der Waals surface area (Å²) in [5, 5.41) is 6.58. The smallest absolute Gasteiger partial charge is 0.131 e. The van der Waals surface area contributed by atoms with Crippen molar-refractivity contribution >= 4 is 27.6 Å². The molecule has 2 rings (SSSR count). The van der Waals surface area contributed by atoms with Crippen LogP contribution in [0.15, 0.2) is 41.1 Å². The van der Waals surface area contributed by atoms with Crippen molar-refractivity contribution in [3.8, 4) is 0 Å². The van der Waals surface area contributed by atoms with E-state index >= 15 is 0 Å². The third-order valence-electron chi connectivity index (χ3n) is 2.74. The first kappa shape index (κ1) is 14.8. The molecule has 0 aliphatic heterocycles. The maximum atomic E-state index is 4.22. The predicted molar refractivity (Wildman–Crippen MR) is 87.1 cm³/mol. The molecule has 0 saturated carbocycles. The van der Waals surface area contributed by atoms with Crippen molar-refractivity contribution in [2.24, 2.45) is 0 Å². The third-order valence-corrected chi connectivity index (χ3v) is 3.27. The van der Waals surface area contributed by atoms with Crippen molar-refractivity contribution in [3.63, 3.8) is 0 Å². The van der Waals surface area contributed by atoms with E-state index in [1.54, 1.807) is 6.33 Å². The Morgan fingerprint density at radius 1 is 1.10 bits per heavy atom. The molecule has 4 nitrogen and oxygen atoms in total. The van der Waals surface area contributed by atoms with Crippen LogP contribution >= 0.6 is 15.9 Å². The molecule has 2 N–H and O–H groups in total. The molecule has 1 aromatic heterocycles. The van der Waals surface area contributed by atoms with Crippen molar-refractivity contribution in [2.45, 2.75) is 26.3 Å². The largest absolute Gasteiger partial charge is 0.370 e. The van der Waals surface area contributed by atoms with Crippen molar-refractivity contribution in [3.05, 3.63) is 46.7 Å². The van der Waals surface area contributed by atoms with E-state index < -0.39 is 0 Å². The molecule has 0 spiro atoms. The van der Waals surface area contributed by atoms with E-state index in [1.807, 2.05) is 6.07 Å². The fourth-order valence-corrected chi connectivity index (χ4v) is 2.08. The summed E-state index contributed by atoms with van der Waals surface area (Å²) in [6, 6.07) is 10.7. The molecule has 0 radical (unpaired) electrons. The topological polar surface area (TPSA) is 49.8 Å². The third kappa shape index (κ3) is 4.81. The van der Waals surface area contributed by atoms with Gasteiger partial charge in [-0.15, -0.1) is 0 Å². The number of hydrogen-bond donors (Lipinski definition) is 2. The molecule has 0 amide bonds. The molecule has 0 bridgehead atoms. The van der Waals surface area contributed by atoms with Gasteiger partial charge in [0, 0.05) is 23.1 Å². The minimum absolute atomic E-state index is 0.362. The summed E-state index contributed by atoms with van der Waals surface area (Å²) in [6.45, 7) is 5.02. The number of nitrogens with one attached hydrogen (secondary N) is 2. The van der Waals surface area contributed by atoms with Crippen LogP contribution in [0.4, 0.5) is 11.6 Å². The molecule has 0 atom stereocenters. The zero-order valence-corrected chi connectivity index (χ0v) is 13.3. The Morgan fingerprint density at radius 2 is 1.80 bits per heavy atom. The molecule has 5 heteroatoms. The van der Waals surface area contributed by atoms with Gasteiger partial charge >= 0.3 is 0 Å². The number of halogens is 1. The first-order chi connectivity index (χ1) is 9.63. The zero-order valence-electron chi connectivity index (χ0n) is 11.7. The van der Waals surface area contributed by atoms with Crippen LogP contribution in [0.1, 0.15) is 19.4 Å². The van der Waals surface area contributed by atoms with E-state index in [1.165, 1.54) is 5.56 Å². The lowest BCUT2D eigenvalue weighted by atomic mass is 10.1. The summed E-state index contributed by atoms with van der Waals surface area (Å²) in [6.07, 6.45) is 2.54. The number of rotatable bonds is 6. The van der Waals surface area contributed by atoms with Gasteiger partial charge in [0.25, 0.3) is 0 Å². The predicted octanol–water partition coefficient (Wildman–Crippen LogP) is 3.71. The van der Waals surface area contributed by atoms with Crippen LogP contribution in [0.2, 0.25) is 0 Å². The van der Waals surface area contributed by atoms with Crippen LogP contribution < -0.4 is 10.6 Å². The Kier molecular flexibility index (Phi) is 5.35. The molecule has 0 aliphatic carbocycles. The fourth-order valence-electron chi connectivity index (χ4n) is 1.81. The van der Waals surface area contributed by atoms with E-state index in [0.29, 0.717) is 6.04 Å². The highest BCUT2D eigenvalue weighted by Gasteiger charge is 2.00. The summed E-state index contributed by atoms with van der Waals surface area (Å²) in [5.41, 5.74) is 1.30. The van der Waals surface area contributed by atoms with Gasteiger partial charge in [0.1, 0.15) is 18.0 Å². The van der Waals surface area contributed by atoms with Crippen LogP contribution in [-0.4, -0.2) is 22.6 Å². The van der Waals surface area contributed by atoms with Gasteiger partial charge in [0.15, 0.2) is 0 Å². The highest BCUT2D eigenvalue weighted by molar-refractivity contribution is 9.10. The summed E-state index contributed by atoms with van der Waals surface area (Å²) in [7, 11) is 0. The number of hydrogen-bond acceptors (Lipinski definition) is 4. The van der Waals surface area contributed by atoms with Crippen LogP contribution in [-0.2, 0) is 6.42 Å². The van der Waals surface area contributed by atoms with E-state index in [-0.39, 0.29) is 0 Å². The fraction of sp³-hybridized carbons (Fsp3) is 0.333. The monoisotopic (exact) mass is 334 g/mol. The number of anilines is 2. The Balaban J connectivity index is 1.86. The van der Waals surface area contributed by atoms with Crippen LogP contribution in [0.5, 0.6) is 0 Å². The normalized spacial score (nSPS) is 10.6. The lowest BCUT2D eigenvalue weighted by molar-refractivity contribution is 0.885. The van der Waals surface area contributed by atoms with Crippen molar-refractivity contribution in [1.82, 2.24) is 9.97 Å². The Morgan fingerprint density at radius 3 is 2.50 bits per heavy atom. The Hall–Kier alpha value is -1.62. The molecule has 1 aromatic carbocycles. The lowest BCUT2D eigenvalue weighted by Crippen LogP contribution is -2.12. The van der Waals surface area contributed by atoms with Crippen LogP contribution in [0.3, 0.4) is 0 Å². The van der Waals surface area contributed by atoms with E-state index in [9.17, 15) is 0 Å². The van der Waals surface area contributed by atoms with Gasteiger partial charge in [-0.2, -0.15) is 0 Å². The van der Waals surface area contributed by atoms with Gasteiger partial charge in [0.05, 0.1) is 0 Å². The van der Waals surface area contributed by atoms with Gasteiger partial charge < -0.3 is 10.6 Å². The summed E-state index contributed by atoms with van der Waals surface area (Å²) >= 11 is 3.44. The maximum Gasteiger partial charge on any atom is 0.131 e. The SMILES string of the molecule is CC(C)Nc1cc(NCCc2ccc(Br)cc2)ncn1. The second-order valence-electron chi connectivity index (χ2n) is 4.89. The summed E-state index contributed by atoms with van der Waals surface area (Å²) in [4.78, 5) is 8.41. The Labute approximate surface area is 128 Å². The lowest BCUT2D eigenvalue weighted by Gasteiger charge is -2.10. The minimum atomic E-state index is 0.362.